The summed E-state index contributed by atoms with van der Waals surface area (Å²) in [7, 11) is 0. The summed E-state index contributed by atoms with van der Waals surface area (Å²) in [6.45, 7) is 15.1. The molecule has 0 aromatic heterocycles. The molecule has 1 aliphatic carbocycles. The van der Waals surface area contributed by atoms with Crippen LogP contribution in [-0.2, 0) is 26.2 Å². The Morgan fingerprint density at radius 2 is 1.20 bits per heavy atom. The van der Waals surface area contributed by atoms with Crippen LogP contribution in [0, 0.1) is 33.8 Å². The van der Waals surface area contributed by atoms with Crippen LogP contribution < -0.4 is 24.8 Å². The van der Waals surface area contributed by atoms with Crippen LogP contribution in [0.2, 0.25) is 0 Å². The van der Waals surface area contributed by atoms with Crippen molar-refractivity contribution in [2.45, 2.75) is 54.9 Å². The predicted molar refractivity (Wildman–Crippen MR) is 76.4 cm³/mol. The van der Waals surface area contributed by atoms with Crippen molar-refractivity contribution in [3.8, 4) is 0 Å². The molecular formula is C17H24Cl2Zr. The van der Waals surface area contributed by atoms with Gasteiger partial charge >= 0.3 is 26.2 Å². The van der Waals surface area contributed by atoms with Crippen LogP contribution in [0.3, 0.4) is 0 Å². The topological polar surface area (TPSA) is 0 Å². The van der Waals surface area contributed by atoms with Gasteiger partial charge in [0, 0.05) is 0 Å². The van der Waals surface area contributed by atoms with Crippen molar-refractivity contribution in [3.63, 3.8) is 0 Å². The third-order valence-corrected chi connectivity index (χ3v) is 4.00. The molecule has 0 nitrogen and oxygen atoms in total. The van der Waals surface area contributed by atoms with Gasteiger partial charge in [-0.25, -0.2) is 5.57 Å². The Balaban J connectivity index is -0.000000252. The van der Waals surface area contributed by atoms with Crippen LogP contribution in [0.25, 0.3) is 0 Å². The van der Waals surface area contributed by atoms with Crippen molar-refractivity contribution in [2.75, 3.05) is 0 Å². The van der Waals surface area contributed by atoms with Crippen LogP contribution in [0.4, 0.5) is 0 Å². The Labute approximate surface area is 156 Å². The summed E-state index contributed by atoms with van der Waals surface area (Å²) in [6, 6.07) is 2.24. The van der Waals surface area contributed by atoms with Gasteiger partial charge in [-0.3, -0.25) is 6.08 Å². The molecule has 0 bridgehead atoms. The van der Waals surface area contributed by atoms with Crippen molar-refractivity contribution >= 4 is 0 Å². The Morgan fingerprint density at radius 3 is 1.30 bits per heavy atom. The van der Waals surface area contributed by atoms with E-state index in [-0.39, 0.29) is 51.0 Å². The Bertz CT molecular complexity index is 451. The molecule has 0 saturated heterocycles. The molecule has 3 heteroatoms. The summed E-state index contributed by atoms with van der Waals surface area (Å²) in [5, 5.41) is 0. The van der Waals surface area contributed by atoms with Gasteiger partial charge in [0.2, 0.25) is 0 Å². The summed E-state index contributed by atoms with van der Waals surface area (Å²) < 4.78 is 0. The molecule has 0 radical (unpaired) electrons. The van der Waals surface area contributed by atoms with Gasteiger partial charge in [0.25, 0.3) is 0 Å². The Morgan fingerprint density at radius 1 is 0.800 bits per heavy atom. The van der Waals surface area contributed by atoms with Crippen molar-refractivity contribution in [3.05, 3.63) is 51.1 Å². The maximum atomic E-state index is 3.26. The summed E-state index contributed by atoms with van der Waals surface area (Å²) in [5.74, 6) is 0. The van der Waals surface area contributed by atoms with E-state index >= 15 is 0 Å². The molecule has 0 N–H and O–H groups in total. The number of halogens is 2. The molecule has 1 aromatic carbocycles. The van der Waals surface area contributed by atoms with E-state index in [0.29, 0.717) is 0 Å². The first-order chi connectivity index (χ1) is 7.84. The number of aryl methyl sites for hydroxylation is 2. The Hall–Kier alpha value is 0.293. The first-order valence-electron chi connectivity index (χ1n) is 6.28. The zero-order chi connectivity index (χ0) is 13.2. The summed E-state index contributed by atoms with van der Waals surface area (Å²) in [4.78, 5) is 0. The van der Waals surface area contributed by atoms with Crippen LogP contribution in [0.1, 0.15) is 49.4 Å². The zero-order valence-electron chi connectivity index (χ0n) is 13.5. The average molecular weight is 391 g/mol. The Kier molecular flexibility index (Phi) is 13.8. The average Bonchev–Trinajstić information content (AvgIpc) is 2.69. The smallest absolute Gasteiger partial charge is 1.00 e. The fraction of sp³-hybridized carbons (Fsp3) is 0.471. The van der Waals surface area contributed by atoms with Crippen LogP contribution in [0.5, 0.6) is 0 Å². The molecule has 0 fully saturated rings. The van der Waals surface area contributed by atoms with Crippen LogP contribution in [-0.4, -0.2) is 0 Å². The van der Waals surface area contributed by atoms with E-state index in [1.807, 2.05) is 0 Å². The third kappa shape index (κ3) is 6.38. The van der Waals surface area contributed by atoms with Crippen LogP contribution in [0.15, 0.2) is 22.8 Å². The fourth-order valence-electron chi connectivity index (χ4n) is 1.98. The summed E-state index contributed by atoms with van der Waals surface area (Å²) in [5.41, 5.74) is 9.99. The SMILES string of the molecule is CC1=[C-]CC(C)=C1C.Cc1[cH-]c(C)c(C)c1C.[Cl-].[Cl-].[Zr+4]. The number of hydrogen-bond acceptors (Lipinski definition) is 0. The minimum absolute atomic E-state index is 0. The molecule has 0 heterocycles. The first kappa shape index (κ1) is 25.3. The van der Waals surface area contributed by atoms with Gasteiger partial charge in [0.1, 0.15) is 0 Å². The van der Waals surface area contributed by atoms with Crippen molar-refractivity contribution < 1.29 is 51.0 Å². The fourth-order valence-corrected chi connectivity index (χ4v) is 1.98. The standard InChI is InChI=1S/C9H13.C8H11.2ClH.Zr/c1-6-5-7(2)9(4)8(6)3;1-6-4-5-7(2)8(6)3;;;/h5H,1-4H3;4H2,1-3H3;2*1H;/q2*-1;;;+4/p-2. The molecule has 20 heavy (non-hydrogen) atoms. The molecule has 110 valence electrons. The number of hydrogen-bond donors (Lipinski definition) is 0. The second-order valence-corrected chi connectivity index (χ2v) is 5.14. The van der Waals surface area contributed by atoms with E-state index in [2.05, 4.69) is 60.6 Å². The maximum Gasteiger partial charge on any atom is 4.00 e. The van der Waals surface area contributed by atoms with Crippen molar-refractivity contribution in [1.82, 2.24) is 0 Å². The molecule has 0 unspecified atom stereocenters. The third-order valence-electron chi connectivity index (χ3n) is 4.00. The molecule has 0 atom stereocenters. The van der Waals surface area contributed by atoms with Crippen molar-refractivity contribution in [1.29, 1.82) is 0 Å². The van der Waals surface area contributed by atoms with E-state index in [1.54, 1.807) is 0 Å². The van der Waals surface area contributed by atoms with Gasteiger partial charge in [-0.2, -0.15) is 39.5 Å². The quantitative estimate of drug-likeness (QED) is 0.505. The normalized spacial score (nSPS) is 12.4. The zero-order valence-corrected chi connectivity index (χ0v) is 17.5. The van der Waals surface area contributed by atoms with E-state index in [1.165, 1.54) is 39.0 Å². The largest absolute Gasteiger partial charge is 4.00 e. The van der Waals surface area contributed by atoms with Gasteiger partial charge in [-0.05, 0) is 0 Å². The van der Waals surface area contributed by atoms with E-state index < -0.39 is 0 Å². The van der Waals surface area contributed by atoms with E-state index in [4.69, 9.17) is 0 Å². The second kappa shape index (κ2) is 10.9. The molecule has 0 spiro atoms. The van der Waals surface area contributed by atoms with Gasteiger partial charge in [-0.1, -0.05) is 41.5 Å². The molecule has 0 aliphatic heterocycles. The minimum atomic E-state index is 0. The molecule has 0 amide bonds. The maximum absolute atomic E-state index is 3.26. The van der Waals surface area contributed by atoms with E-state index in [9.17, 15) is 0 Å². The second-order valence-electron chi connectivity index (χ2n) is 5.14. The molecule has 1 aromatic rings. The number of rotatable bonds is 0. The molecule has 2 rings (SSSR count). The minimum Gasteiger partial charge on any atom is -1.00 e. The van der Waals surface area contributed by atoms with Gasteiger partial charge < -0.3 is 24.8 Å². The van der Waals surface area contributed by atoms with Gasteiger partial charge in [0.15, 0.2) is 0 Å². The molecule has 0 saturated carbocycles. The van der Waals surface area contributed by atoms with Gasteiger partial charge in [0.05, 0.1) is 0 Å². The summed E-state index contributed by atoms with van der Waals surface area (Å²) >= 11 is 0. The first-order valence-corrected chi connectivity index (χ1v) is 6.28. The van der Waals surface area contributed by atoms with E-state index in [0.717, 1.165) is 6.42 Å². The monoisotopic (exact) mass is 388 g/mol. The molecular weight excluding hydrogens is 366 g/mol. The van der Waals surface area contributed by atoms with Crippen LogP contribution >= 0.6 is 0 Å². The summed E-state index contributed by atoms with van der Waals surface area (Å²) in [6.07, 6.45) is 4.31. The van der Waals surface area contributed by atoms with Gasteiger partial charge in [-0.15, -0.1) is 13.3 Å². The predicted octanol–water partition coefficient (Wildman–Crippen LogP) is -0.879. The van der Waals surface area contributed by atoms with Crippen molar-refractivity contribution in [2.24, 2.45) is 0 Å². The number of allylic oxidation sites excluding steroid dienone is 4. The molecule has 1 aliphatic rings.